The quantitative estimate of drug-likeness (QED) is 0.549. The first-order valence-electron chi connectivity index (χ1n) is 5.94. The fourth-order valence-electron chi connectivity index (χ4n) is 2.40. The minimum atomic E-state index is -0.529. The molecule has 0 aliphatic carbocycles. The molecule has 1 amide bonds. The van der Waals surface area contributed by atoms with Crippen LogP contribution in [-0.2, 0) is 4.79 Å². The molecule has 0 saturated carbocycles. The highest BCUT2D eigenvalue weighted by Crippen LogP contribution is 2.32. The molecule has 1 aromatic carbocycles. The van der Waals surface area contributed by atoms with Gasteiger partial charge in [0.2, 0.25) is 5.91 Å². The zero-order chi connectivity index (χ0) is 13.7. The molecule has 0 radical (unpaired) electrons. The number of alkyl halides is 1. The molecule has 0 saturated heterocycles. The van der Waals surface area contributed by atoms with Crippen molar-refractivity contribution in [2.24, 2.45) is 0 Å². The van der Waals surface area contributed by atoms with Gasteiger partial charge in [0.05, 0.1) is 10.9 Å². The van der Waals surface area contributed by atoms with Gasteiger partial charge >= 0.3 is 0 Å². The van der Waals surface area contributed by atoms with Crippen molar-refractivity contribution < 1.29 is 4.79 Å². The third-order valence-electron chi connectivity index (χ3n) is 3.48. The Balaban J connectivity index is 2.42. The highest BCUT2D eigenvalue weighted by molar-refractivity contribution is 9.09. The molecule has 0 spiro atoms. The summed E-state index contributed by atoms with van der Waals surface area (Å²) < 4.78 is 1.48. The Labute approximate surface area is 118 Å². The van der Waals surface area contributed by atoms with Crippen LogP contribution in [0, 0.1) is 0 Å². The van der Waals surface area contributed by atoms with Gasteiger partial charge < -0.3 is 4.90 Å². The van der Waals surface area contributed by atoms with Crippen molar-refractivity contribution in [2.45, 2.75) is 17.9 Å². The van der Waals surface area contributed by atoms with E-state index >= 15 is 0 Å². The van der Waals surface area contributed by atoms with Gasteiger partial charge in [-0.1, -0.05) is 28.1 Å². The van der Waals surface area contributed by atoms with Crippen LogP contribution < -0.4 is 5.56 Å². The van der Waals surface area contributed by atoms with E-state index in [0.29, 0.717) is 16.7 Å². The number of rotatable bonds is 0. The SMILES string of the molecule is C[C@H]1C(=O)N(C)[C@@H](Br)c2nc3ccccc3c(=O)n21. The molecule has 0 fully saturated rings. The van der Waals surface area contributed by atoms with Gasteiger partial charge in [-0.05, 0) is 19.1 Å². The smallest absolute Gasteiger partial charge is 0.262 e. The number of likely N-dealkylation sites (N-methyl/N-ethyl adjacent to an activating group) is 1. The first-order valence-corrected chi connectivity index (χ1v) is 6.86. The first kappa shape index (κ1) is 12.3. The van der Waals surface area contributed by atoms with Gasteiger partial charge in [-0.15, -0.1) is 0 Å². The summed E-state index contributed by atoms with van der Waals surface area (Å²) in [7, 11) is 1.70. The van der Waals surface area contributed by atoms with E-state index in [1.807, 2.05) is 6.07 Å². The summed E-state index contributed by atoms with van der Waals surface area (Å²) in [6, 6.07) is 6.65. The van der Waals surface area contributed by atoms with Crippen molar-refractivity contribution in [2.75, 3.05) is 7.05 Å². The van der Waals surface area contributed by atoms with E-state index in [1.165, 1.54) is 4.57 Å². The average molecular weight is 322 g/mol. The molecular weight excluding hydrogens is 310 g/mol. The van der Waals surface area contributed by atoms with Gasteiger partial charge in [-0.3, -0.25) is 14.2 Å². The Morgan fingerprint density at radius 3 is 2.68 bits per heavy atom. The topological polar surface area (TPSA) is 55.2 Å². The van der Waals surface area contributed by atoms with Crippen LogP contribution in [0.2, 0.25) is 0 Å². The van der Waals surface area contributed by atoms with Gasteiger partial charge in [-0.2, -0.15) is 0 Å². The maximum atomic E-state index is 12.5. The molecule has 0 bridgehead atoms. The lowest BCUT2D eigenvalue weighted by atomic mass is 10.2. The third-order valence-corrected chi connectivity index (χ3v) is 4.50. The third kappa shape index (κ3) is 1.63. The van der Waals surface area contributed by atoms with E-state index in [-0.39, 0.29) is 16.4 Å². The summed E-state index contributed by atoms with van der Waals surface area (Å²) in [5.41, 5.74) is 0.483. The van der Waals surface area contributed by atoms with E-state index in [9.17, 15) is 9.59 Å². The van der Waals surface area contributed by atoms with Gasteiger partial charge in [0.1, 0.15) is 16.8 Å². The molecule has 2 atom stereocenters. The number of amides is 1. The lowest BCUT2D eigenvalue weighted by Gasteiger charge is -2.34. The zero-order valence-electron chi connectivity index (χ0n) is 10.5. The summed E-state index contributed by atoms with van der Waals surface area (Å²) in [6.07, 6.45) is 0. The molecule has 3 rings (SSSR count). The van der Waals surface area contributed by atoms with Crippen LogP contribution in [0.15, 0.2) is 29.1 Å². The number of fused-ring (bicyclic) bond motifs is 2. The molecule has 1 aliphatic rings. The predicted molar refractivity (Wildman–Crippen MR) is 75.2 cm³/mol. The fourth-order valence-corrected chi connectivity index (χ4v) is 2.92. The average Bonchev–Trinajstić information content (AvgIpc) is 2.43. The second kappa shape index (κ2) is 4.16. The van der Waals surface area contributed by atoms with Crippen LogP contribution in [0.3, 0.4) is 0 Å². The minimum Gasteiger partial charge on any atom is -0.324 e. The van der Waals surface area contributed by atoms with E-state index in [2.05, 4.69) is 20.9 Å². The van der Waals surface area contributed by atoms with Gasteiger partial charge in [-0.25, -0.2) is 4.98 Å². The molecule has 2 aromatic rings. The molecule has 0 unspecified atom stereocenters. The predicted octanol–water partition coefficient (Wildman–Crippen LogP) is 1.82. The standard InChI is InChI=1S/C13H12BrN3O2/c1-7-12(18)16(2)10(14)11-15-9-6-4-3-5-8(9)13(19)17(7)11/h3-7,10H,1-2H3/t7-,10+/m0/s1. The largest absolute Gasteiger partial charge is 0.324 e. The van der Waals surface area contributed by atoms with Crippen LogP contribution >= 0.6 is 15.9 Å². The summed E-state index contributed by atoms with van der Waals surface area (Å²) >= 11 is 3.42. The molecular formula is C13H12BrN3O2. The maximum Gasteiger partial charge on any atom is 0.262 e. The monoisotopic (exact) mass is 321 g/mol. The van der Waals surface area contributed by atoms with Crippen LogP contribution in [0.5, 0.6) is 0 Å². The van der Waals surface area contributed by atoms with Crippen molar-refractivity contribution in [3.8, 4) is 0 Å². The molecule has 5 nitrogen and oxygen atoms in total. The van der Waals surface area contributed by atoms with Crippen molar-refractivity contribution in [3.05, 3.63) is 40.4 Å². The Bertz CT molecular complexity index is 740. The number of nitrogens with zero attached hydrogens (tertiary/aromatic N) is 3. The summed E-state index contributed by atoms with van der Waals surface area (Å²) in [4.78, 5) is 30.3. The van der Waals surface area contributed by atoms with Crippen molar-refractivity contribution in [3.63, 3.8) is 0 Å². The van der Waals surface area contributed by atoms with Crippen molar-refractivity contribution >= 4 is 32.7 Å². The van der Waals surface area contributed by atoms with Gasteiger partial charge in [0.25, 0.3) is 5.56 Å². The van der Waals surface area contributed by atoms with E-state index in [0.717, 1.165) is 0 Å². The lowest BCUT2D eigenvalue weighted by Crippen LogP contribution is -2.45. The molecule has 2 heterocycles. The molecule has 1 aliphatic heterocycles. The Morgan fingerprint density at radius 1 is 1.26 bits per heavy atom. The van der Waals surface area contributed by atoms with Crippen LogP contribution in [-0.4, -0.2) is 27.4 Å². The van der Waals surface area contributed by atoms with Crippen molar-refractivity contribution in [1.82, 2.24) is 14.5 Å². The Kier molecular flexibility index (Phi) is 2.70. The number of aromatic nitrogens is 2. The van der Waals surface area contributed by atoms with Crippen LogP contribution in [0.1, 0.15) is 23.7 Å². The van der Waals surface area contributed by atoms with Gasteiger partial charge in [0, 0.05) is 7.05 Å². The maximum absolute atomic E-state index is 12.5. The fraction of sp³-hybridized carbons (Fsp3) is 0.308. The van der Waals surface area contributed by atoms with Crippen LogP contribution in [0.25, 0.3) is 10.9 Å². The van der Waals surface area contributed by atoms with E-state index in [1.54, 1.807) is 37.1 Å². The molecule has 6 heteroatoms. The number of hydrogen-bond acceptors (Lipinski definition) is 3. The normalized spacial score (nSPS) is 22.7. The number of carbonyl (C=O) groups is 1. The summed E-state index contributed by atoms with van der Waals surface area (Å²) in [5.74, 6) is 0.465. The van der Waals surface area contributed by atoms with Crippen LogP contribution in [0.4, 0.5) is 0 Å². The Morgan fingerprint density at radius 2 is 1.95 bits per heavy atom. The highest BCUT2D eigenvalue weighted by atomic mass is 79.9. The molecule has 0 N–H and O–H groups in total. The number of carbonyl (C=O) groups excluding carboxylic acids is 1. The summed E-state index contributed by atoms with van der Waals surface area (Å²) in [5, 5.41) is 0.537. The van der Waals surface area contributed by atoms with E-state index < -0.39 is 6.04 Å². The minimum absolute atomic E-state index is 0.103. The molecule has 1 aromatic heterocycles. The molecule has 19 heavy (non-hydrogen) atoms. The van der Waals surface area contributed by atoms with Crippen molar-refractivity contribution in [1.29, 1.82) is 0 Å². The summed E-state index contributed by atoms with van der Waals surface area (Å²) in [6.45, 7) is 1.72. The molecule has 98 valence electrons. The zero-order valence-corrected chi connectivity index (χ0v) is 12.1. The first-order chi connectivity index (χ1) is 9.02. The highest BCUT2D eigenvalue weighted by Gasteiger charge is 2.35. The van der Waals surface area contributed by atoms with Gasteiger partial charge in [0.15, 0.2) is 0 Å². The number of para-hydroxylation sites is 1. The number of halogens is 1. The Hall–Kier alpha value is -1.69. The van der Waals surface area contributed by atoms with E-state index in [4.69, 9.17) is 0 Å². The number of hydrogen-bond donors (Lipinski definition) is 0. The number of benzene rings is 1. The lowest BCUT2D eigenvalue weighted by molar-refractivity contribution is -0.135. The second-order valence-corrected chi connectivity index (χ2v) is 5.49. The second-order valence-electron chi connectivity index (χ2n) is 4.62.